The normalized spacial score (nSPS) is 10.2. The van der Waals surface area contributed by atoms with E-state index >= 15 is 0 Å². The molecule has 56 valence electrons. The highest BCUT2D eigenvalue weighted by Crippen LogP contribution is 2.22. The lowest BCUT2D eigenvalue weighted by molar-refractivity contribution is 0.581. The van der Waals surface area contributed by atoms with Gasteiger partial charge in [0.1, 0.15) is 10.7 Å². The van der Waals surface area contributed by atoms with Crippen molar-refractivity contribution in [3.8, 4) is 11.5 Å². The zero-order valence-corrected chi connectivity index (χ0v) is 6.47. The molecule has 0 spiro atoms. The predicted octanol–water partition coefficient (Wildman–Crippen LogP) is 1.99. The number of rotatable bonds is 1. The summed E-state index contributed by atoms with van der Waals surface area (Å²) in [5.41, 5.74) is 6.30. The van der Waals surface area contributed by atoms with Gasteiger partial charge in [0.2, 0.25) is 0 Å². The van der Waals surface area contributed by atoms with Crippen molar-refractivity contribution in [3.63, 3.8) is 0 Å². The fraction of sp³-hybridized carbons (Fsp3) is 0. The minimum Gasteiger partial charge on any atom is -0.463 e. The van der Waals surface area contributed by atoms with Gasteiger partial charge in [-0.15, -0.1) is 0 Å². The van der Waals surface area contributed by atoms with Crippen molar-refractivity contribution in [3.05, 3.63) is 24.5 Å². The van der Waals surface area contributed by atoms with Crippen molar-refractivity contribution in [2.75, 3.05) is 5.73 Å². The Kier molecular flexibility index (Phi) is 1.40. The molecule has 0 fully saturated rings. The Morgan fingerprint density at radius 1 is 1.55 bits per heavy atom. The number of nitrogen functional groups attached to an aromatic ring is 1. The Morgan fingerprint density at radius 3 is 3.00 bits per heavy atom. The van der Waals surface area contributed by atoms with Crippen LogP contribution in [-0.2, 0) is 0 Å². The van der Waals surface area contributed by atoms with Gasteiger partial charge in [-0.3, -0.25) is 0 Å². The van der Waals surface area contributed by atoms with Crippen LogP contribution in [0.1, 0.15) is 0 Å². The predicted molar refractivity (Wildman–Crippen MR) is 44.2 cm³/mol. The van der Waals surface area contributed by atoms with Crippen molar-refractivity contribution in [2.45, 2.75) is 0 Å². The zero-order valence-electron chi connectivity index (χ0n) is 5.65. The summed E-state index contributed by atoms with van der Waals surface area (Å²) in [5.74, 6) is 0.762. The van der Waals surface area contributed by atoms with Gasteiger partial charge in [-0.1, -0.05) is 0 Å². The number of nitrogens with zero attached hydrogens (tertiary/aromatic N) is 1. The van der Waals surface area contributed by atoms with Gasteiger partial charge in [0.25, 0.3) is 0 Å². The molecule has 2 N–H and O–H groups in total. The third-order valence-electron chi connectivity index (χ3n) is 1.30. The molecule has 3 nitrogen and oxygen atoms in total. The van der Waals surface area contributed by atoms with Crippen LogP contribution in [0.5, 0.6) is 0 Å². The highest BCUT2D eigenvalue weighted by molar-refractivity contribution is 7.10. The molecule has 2 heterocycles. The summed E-state index contributed by atoms with van der Waals surface area (Å²) in [6, 6.07) is 5.48. The van der Waals surface area contributed by atoms with Gasteiger partial charge >= 0.3 is 0 Å². The lowest BCUT2D eigenvalue weighted by atomic mass is 10.3. The summed E-state index contributed by atoms with van der Waals surface area (Å²) in [6.07, 6.45) is 1.62. The van der Waals surface area contributed by atoms with Gasteiger partial charge in [0.05, 0.1) is 6.26 Å². The van der Waals surface area contributed by atoms with E-state index in [2.05, 4.69) is 4.37 Å². The summed E-state index contributed by atoms with van der Waals surface area (Å²) < 4.78 is 9.20. The Bertz CT molecular complexity index is 339. The van der Waals surface area contributed by atoms with Crippen LogP contribution in [0, 0.1) is 0 Å². The number of aromatic nitrogens is 1. The van der Waals surface area contributed by atoms with E-state index in [9.17, 15) is 0 Å². The van der Waals surface area contributed by atoms with Crippen LogP contribution in [0.3, 0.4) is 0 Å². The van der Waals surface area contributed by atoms with E-state index in [1.54, 1.807) is 12.3 Å². The summed E-state index contributed by atoms with van der Waals surface area (Å²) in [5, 5.41) is 0.705. The zero-order chi connectivity index (χ0) is 7.68. The average molecular weight is 166 g/mol. The lowest BCUT2D eigenvalue weighted by Crippen LogP contribution is -1.74. The Balaban J connectivity index is 2.45. The van der Waals surface area contributed by atoms with Crippen LogP contribution in [0.4, 0.5) is 5.00 Å². The van der Waals surface area contributed by atoms with E-state index in [1.165, 1.54) is 11.5 Å². The Morgan fingerprint density at radius 2 is 2.45 bits per heavy atom. The smallest absolute Gasteiger partial charge is 0.153 e. The maximum Gasteiger partial charge on any atom is 0.153 e. The molecule has 4 heteroatoms. The number of nitrogens with two attached hydrogens (primary N) is 1. The number of furan rings is 1. The maximum atomic E-state index is 5.50. The summed E-state index contributed by atoms with van der Waals surface area (Å²) in [4.78, 5) is 0. The number of anilines is 1. The van der Waals surface area contributed by atoms with E-state index < -0.39 is 0 Å². The molecule has 2 aromatic heterocycles. The molecule has 0 unspecified atom stereocenters. The lowest BCUT2D eigenvalue weighted by Gasteiger charge is -1.83. The maximum absolute atomic E-state index is 5.50. The van der Waals surface area contributed by atoms with Crippen LogP contribution in [0.15, 0.2) is 28.9 Å². The van der Waals surface area contributed by atoms with Crippen molar-refractivity contribution in [1.29, 1.82) is 0 Å². The molecule has 2 rings (SSSR count). The van der Waals surface area contributed by atoms with Crippen molar-refractivity contribution in [2.24, 2.45) is 0 Å². The second kappa shape index (κ2) is 2.39. The van der Waals surface area contributed by atoms with Gasteiger partial charge in [-0.25, -0.2) is 0 Å². The van der Waals surface area contributed by atoms with E-state index in [4.69, 9.17) is 10.2 Å². The first-order valence-corrected chi connectivity index (χ1v) is 3.89. The molecule has 0 atom stereocenters. The van der Waals surface area contributed by atoms with Crippen molar-refractivity contribution in [1.82, 2.24) is 4.37 Å². The van der Waals surface area contributed by atoms with E-state index in [0.29, 0.717) is 5.00 Å². The molecule has 2 aromatic rings. The first kappa shape index (κ1) is 6.42. The fourth-order valence-corrected chi connectivity index (χ4v) is 1.34. The molecule has 0 saturated carbocycles. The minimum atomic E-state index is 0.705. The highest BCUT2D eigenvalue weighted by Gasteiger charge is 2.03. The molecule has 0 bridgehead atoms. The Labute approximate surface area is 67.6 Å². The van der Waals surface area contributed by atoms with Crippen LogP contribution in [0.25, 0.3) is 11.5 Å². The molecule has 0 amide bonds. The number of hydrogen-bond donors (Lipinski definition) is 1. The van der Waals surface area contributed by atoms with Gasteiger partial charge in [0, 0.05) is 6.07 Å². The van der Waals surface area contributed by atoms with Crippen LogP contribution >= 0.6 is 11.5 Å². The largest absolute Gasteiger partial charge is 0.463 e. The average Bonchev–Trinajstić information content (AvgIpc) is 2.55. The molecule has 0 aromatic carbocycles. The molecular formula is C7H6N2OS. The van der Waals surface area contributed by atoms with Gasteiger partial charge in [-0.05, 0) is 23.7 Å². The number of hydrogen-bond acceptors (Lipinski definition) is 4. The first-order chi connectivity index (χ1) is 5.36. The van der Waals surface area contributed by atoms with E-state index in [1.807, 2.05) is 12.1 Å². The summed E-state index contributed by atoms with van der Waals surface area (Å²) in [6.45, 7) is 0. The molecule has 0 saturated heterocycles. The fourth-order valence-electron chi connectivity index (χ4n) is 0.830. The molecule has 0 aliphatic rings. The third-order valence-corrected chi connectivity index (χ3v) is 1.92. The van der Waals surface area contributed by atoms with Crippen LogP contribution < -0.4 is 5.73 Å². The second-order valence-corrected chi connectivity index (χ2v) is 2.93. The third kappa shape index (κ3) is 1.12. The van der Waals surface area contributed by atoms with Gasteiger partial charge < -0.3 is 10.2 Å². The quantitative estimate of drug-likeness (QED) is 0.704. The molecule has 11 heavy (non-hydrogen) atoms. The Hall–Kier alpha value is -1.29. The molecule has 0 aliphatic heterocycles. The topological polar surface area (TPSA) is 52.0 Å². The molecular weight excluding hydrogens is 160 g/mol. The first-order valence-electron chi connectivity index (χ1n) is 3.12. The highest BCUT2D eigenvalue weighted by atomic mass is 32.1. The van der Waals surface area contributed by atoms with Crippen LogP contribution in [-0.4, -0.2) is 4.37 Å². The summed E-state index contributed by atoms with van der Waals surface area (Å²) >= 11 is 1.27. The monoisotopic (exact) mass is 166 g/mol. The summed E-state index contributed by atoms with van der Waals surface area (Å²) in [7, 11) is 0. The van der Waals surface area contributed by atoms with Crippen molar-refractivity contribution < 1.29 is 4.42 Å². The van der Waals surface area contributed by atoms with Gasteiger partial charge in [0.15, 0.2) is 5.76 Å². The van der Waals surface area contributed by atoms with Crippen LogP contribution in [0.2, 0.25) is 0 Å². The van der Waals surface area contributed by atoms with E-state index in [-0.39, 0.29) is 0 Å². The second-order valence-electron chi connectivity index (χ2n) is 2.09. The minimum absolute atomic E-state index is 0.705. The standard InChI is InChI=1S/C7H6N2OS/c8-7-4-5(9-11-7)6-2-1-3-10-6/h1-4H,8H2. The SMILES string of the molecule is Nc1cc(-c2ccco2)ns1. The van der Waals surface area contributed by atoms with Gasteiger partial charge in [-0.2, -0.15) is 4.37 Å². The molecule has 0 aliphatic carbocycles. The molecule has 0 radical (unpaired) electrons. The van der Waals surface area contributed by atoms with Crippen molar-refractivity contribution >= 4 is 16.5 Å². The van der Waals surface area contributed by atoms with E-state index in [0.717, 1.165) is 11.5 Å².